The second-order valence-corrected chi connectivity index (χ2v) is 12.5. The Hall–Kier alpha value is -3.81. The van der Waals surface area contributed by atoms with Gasteiger partial charge in [-0.15, -0.1) is 5.53 Å². The number of rotatable bonds is 8. The van der Waals surface area contributed by atoms with E-state index in [2.05, 4.69) is 86.6 Å². The van der Waals surface area contributed by atoms with Gasteiger partial charge in [0.2, 0.25) is 5.91 Å². The molecule has 1 saturated carbocycles. The standard InChI is InChI=1S/C30H35BrN8O/c1-18(40)38(5)23-8-6-7-19(11-23)28(26-16-39(37-36-26)22-9-10-22)35-21-12-24-27(34-17-30(2,3)4)20(14-32)15-33-29(24)25(31)13-21/h6-8,11-13,15-16,22,28,35-37H,9-10,17H2,1-5H3,(H,33,34)/t28-/m0/s1. The van der Waals surface area contributed by atoms with Gasteiger partial charge in [0.25, 0.3) is 0 Å². The smallest absolute Gasteiger partial charge is 0.223 e. The van der Waals surface area contributed by atoms with E-state index < -0.39 is 0 Å². The van der Waals surface area contributed by atoms with Crippen LogP contribution in [0.1, 0.15) is 57.7 Å². The minimum absolute atomic E-state index is 0.0274. The third kappa shape index (κ3) is 6.01. The van der Waals surface area contributed by atoms with Gasteiger partial charge in [-0.05, 0) is 64.0 Å². The van der Waals surface area contributed by atoms with E-state index >= 15 is 0 Å². The number of hydrogen-bond donors (Lipinski definition) is 4. The number of hydrogen-bond acceptors (Lipinski definition) is 8. The molecule has 10 heteroatoms. The summed E-state index contributed by atoms with van der Waals surface area (Å²) in [6, 6.07) is 14.6. The molecule has 1 atom stereocenters. The number of nitrogens with one attached hydrogen (secondary N) is 4. The Balaban J connectivity index is 1.57. The number of fused-ring (bicyclic) bond motifs is 1. The van der Waals surface area contributed by atoms with Crippen LogP contribution in [0.5, 0.6) is 0 Å². The lowest BCUT2D eigenvalue weighted by Crippen LogP contribution is -2.38. The molecular formula is C30H35BrN8O. The Morgan fingerprint density at radius 2 is 2.08 bits per heavy atom. The first-order valence-corrected chi connectivity index (χ1v) is 14.2. The normalized spacial score (nSPS) is 15.7. The molecule has 0 unspecified atom stereocenters. The van der Waals surface area contributed by atoms with Crippen LogP contribution in [0.15, 0.2) is 59.0 Å². The quantitative estimate of drug-likeness (QED) is 0.256. The fourth-order valence-electron chi connectivity index (χ4n) is 4.61. The summed E-state index contributed by atoms with van der Waals surface area (Å²) in [5.41, 5.74) is 12.3. The summed E-state index contributed by atoms with van der Waals surface area (Å²) in [6.45, 7) is 8.72. The minimum Gasteiger partial charge on any atom is -0.383 e. The molecule has 1 aromatic heterocycles. The fourth-order valence-corrected chi connectivity index (χ4v) is 5.18. The topological polar surface area (TPSA) is 108 Å². The molecule has 4 N–H and O–H groups in total. The highest BCUT2D eigenvalue weighted by Crippen LogP contribution is 2.37. The molecule has 5 rings (SSSR count). The third-order valence-electron chi connectivity index (χ3n) is 7.07. The number of carbonyl (C=O) groups excluding carboxylic acids is 1. The lowest BCUT2D eigenvalue weighted by atomic mass is 9.96. The number of benzene rings is 2. The van der Waals surface area contributed by atoms with Crippen molar-refractivity contribution in [1.29, 1.82) is 5.26 Å². The first kappa shape index (κ1) is 27.7. The molecule has 0 bridgehead atoms. The zero-order chi connectivity index (χ0) is 28.6. The fraction of sp³-hybridized carbons (Fsp3) is 0.367. The van der Waals surface area contributed by atoms with Gasteiger partial charge in [-0.3, -0.25) is 14.8 Å². The lowest BCUT2D eigenvalue weighted by Gasteiger charge is -2.24. The van der Waals surface area contributed by atoms with E-state index in [1.54, 1.807) is 25.1 Å². The second-order valence-electron chi connectivity index (χ2n) is 11.6. The minimum atomic E-state index is -0.251. The molecule has 208 valence electrons. The largest absolute Gasteiger partial charge is 0.383 e. The van der Waals surface area contributed by atoms with E-state index in [4.69, 9.17) is 0 Å². The molecule has 3 aromatic rings. The Kier molecular flexibility index (Phi) is 7.62. The van der Waals surface area contributed by atoms with Crippen molar-refractivity contribution in [1.82, 2.24) is 21.0 Å². The molecule has 1 fully saturated rings. The van der Waals surface area contributed by atoms with Crippen LogP contribution >= 0.6 is 15.9 Å². The number of halogens is 1. The van der Waals surface area contributed by atoms with Crippen LogP contribution < -0.4 is 26.5 Å². The van der Waals surface area contributed by atoms with Crippen LogP contribution in [0.25, 0.3) is 10.9 Å². The van der Waals surface area contributed by atoms with Gasteiger partial charge in [0.05, 0.1) is 28.5 Å². The number of amides is 1. The van der Waals surface area contributed by atoms with Crippen LogP contribution in [0.2, 0.25) is 0 Å². The maximum atomic E-state index is 12.1. The maximum Gasteiger partial charge on any atom is 0.223 e. The van der Waals surface area contributed by atoms with Crippen molar-refractivity contribution < 1.29 is 4.79 Å². The van der Waals surface area contributed by atoms with Crippen molar-refractivity contribution in [3.63, 3.8) is 0 Å². The van der Waals surface area contributed by atoms with Gasteiger partial charge in [0.15, 0.2) is 0 Å². The average molecular weight is 604 g/mol. The van der Waals surface area contributed by atoms with Gasteiger partial charge in [-0.25, -0.2) is 0 Å². The van der Waals surface area contributed by atoms with E-state index in [0.29, 0.717) is 18.2 Å². The molecule has 1 aliphatic heterocycles. The van der Waals surface area contributed by atoms with Crippen LogP contribution in [0, 0.1) is 16.7 Å². The summed E-state index contributed by atoms with van der Waals surface area (Å²) < 4.78 is 0.825. The highest BCUT2D eigenvalue weighted by atomic mass is 79.9. The van der Waals surface area contributed by atoms with E-state index in [1.807, 2.05) is 30.3 Å². The Morgan fingerprint density at radius 1 is 1.30 bits per heavy atom. The zero-order valence-corrected chi connectivity index (χ0v) is 25.1. The van der Waals surface area contributed by atoms with Crippen molar-refractivity contribution in [2.75, 3.05) is 29.1 Å². The maximum absolute atomic E-state index is 12.1. The molecule has 9 nitrogen and oxygen atoms in total. The van der Waals surface area contributed by atoms with Crippen molar-refractivity contribution in [3.8, 4) is 6.07 Å². The number of carbonyl (C=O) groups is 1. The molecule has 0 saturated heterocycles. The number of hydrazine groups is 2. The van der Waals surface area contributed by atoms with E-state index in [1.165, 1.54) is 0 Å². The van der Waals surface area contributed by atoms with Gasteiger partial charge >= 0.3 is 0 Å². The highest BCUT2D eigenvalue weighted by Gasteiger charge is 2.32. The summed E-state index contributed by atoms with van der Waals surface area (Å²) in [4.78, 5) is 18.3. The molecule has 40 heavy (non-hydrogen) atoms. The Bertz CT molecular complexity index is 1520. The summed E-state index contributed by atoms with van der Waals surface area (Å²) in [6.07, 6.45) is 6.05. The average Bonchev–Trinajstić information content (AvgIpc) is 3.66. The van der Waals surface area contributed by atoms with Crippen molar-refractivity contribution in [2.45, 2.75) is 52.6 Å². The summed E-state index contributed by atoms with van der Waals surface area (Å²) in [7, 11) is 1.78. The molecule has 1 amide bonds. The SMILES string of the molecule is CC(=O)N(C)c1cccc([C@H](Nc2cc(Br)c3ncc(C#N)c(NCC(C)(C)C)c3c2)C2=CN(C3CC3)NN2)c1. The number of nitriles is 1. The molecular weight excluding hydrogens is 568 g/mol. The zero-order valence-electron chi connectivity index (χ0n) is 23.5. The van der Waals surface area contributed by atoms with Crippen LogP contribution in [-0.2, 0) is 4.79 Å². The number of anilines is 3. The summed E-state index contributed by atoms with van der Waals surface area (Å²) >= 11 is 3.72. The summed E-state index contributed by atoms with van der Waals surface area (Å²) in [5.74, 6) is -0.0315. The van der Waals surface area contributed by atoms with Gasteiger partial charge in [0, 0.05) is 60.2 Å². The second kappa shape index (κ2) is 11.0. The van der Waals surface area contributed by atoms with Gasteiger partial charge in [0.1, 0.15) is 6.07 Å². The van der Waals surface area contributed by atoms with Gasteiger partial charge < -0.3 is 21.0 Å². The van der Waals surface area contributed by atoms with Crippen LogP contribution in [-0.4, -0.2) is 35.5 Å². The first-order chi connectivity index (χ1) is 19.0. The van der Waals surface area contributed by atoms with Gasteiger partial charge in [-0.2, -0.15) is 5.26 Å². The molecule has 0 radical (unpaired) electrons. The van der Waals surface area contributed by atoms with E-state index in [-0.39, 0.29) is 17.4 Å². The predicted molar refractivity (Wildman–Crippen MR) is 163 cm³/mol. The summed E-state index contributed by atoms with van der Waals surface area (Å²) in [5, 5.41) is 20.0. The molecule has 1 aliphatic carbocycles. The predicted octanol–water partition coefficient (Wildman–Crippen LogP) is 5.79. The molecule has 0 spiro atoms. The van der Waals surface area contributed by atoms with Crippen molar-refractivity contribution in [3.05, 3.63) is 70.1 Å². The van der Waals surface area contributed by atoms with E-state index in [0.717, 1.165) is 56.5 Å². The van der Waals surface area contributed by atoms with Crippen molar-refractivity contribution >= 4 is 49.8 Å². The number of aromatic nitrogens is 1. The van der Waals surface area contributed by atoms with Crippen molar-refractivity contribution in [2.24, 2.45) is 5.41 Å². The van der Waals surface area contributed by atoms with Crippen LogP contribution in [0.3, 0.4) is 0 Å². The van der Waals surface area contributed by atoms with E-state index in [9.17, 15) is 10.1 Å². The third-order valence-corrected chi connectivity index (χ3v) is 7.68. The molecule has 2 aliphatic rings. The monoisotopic (exact) mass is 602 g/mol. The van der Waals surface area contributed by atoms with Gasteiger partial charge in [-0.1, -0.05) is 32.9 Å². The first-order valence-electron chi connectivity index (χ1n) is 13.4. The Morgan fingerprint density at radius 3 is 2.75 bits per heavy atom. The highest BCUT2D eigenvalue weighted by molar-refractivity contribution is 9.10. The number of pyridine rings is 1. The molecule has 2 heterocycles. The number of nitrogens with zero attached hydrogens (tertiary/aromatic N) is 4. The Labute approximate surface area is 243 Å². The molecule has 2 aromatic carbocycles. The lowest BCUT2D eigenvalue weighted by molar-refractivity contribution is -0.116. The van der Waals surface area contributed by atoms with Crippen LogP contribution in [0.4, 0.5) is 17.1 Å².